The molecule has 9 heteroatoms. The third-order valence-electron chi connectivity index (χ3n) is 7.32. The van der Waals surface area contributed by atoms with Gasteiger partial charge in [0.15, 0.2) is 5.54 Å². The summed E-state index contributed by atoms with van der Waals surface area (Å²) in [5.74, 6) is -0.842. The summed E-state index contributed by atoms with van der Waals surface area (Å²) >= 11 is 0. The Hall–Kier alpha value is -4.92. The van der Waals surface area contributed by atoms with Crippen LogP contribution in [0.25, 0.3) is 10.9 Å². The molecule has 2 aliphatic heterocycles. The molecule has 0 radical (unpaired) electrons. The highest BCUT2D eigenvalue weighted by molar-refractivity contribution is 6.23. The lowest BCUT2D eigenvalue weighted by Gasteiger charge is -2.35. The van der Waals surface area contributed by atoms with Gasteiger partial charge in [0, 0.05) is 41.3 Å². The van der Waals surface area contributed by atoms with Gasteiger partial charge in [0.1, 0.15) is 0 Å². The number of hydrogen-bond acceptors (Lipinski definition) is 4. The van der Waals surface area contributed by atoms with Crippen molar-refractivity contribution in [3.8, 4) is 0 Å². The quantitative estimate of drug-likeness (QED) is 0.350. The molecule has 1 aromatic heterocycles. The van der Waals surface area contributed by atoms with Crippen molar-refractivity contribution in [2.45, 2.75) is 25.8 Å². The summed E-state index contributed by atoms with van der Waals surface area (Å²) in [6, 6.07) is 20.7. The molecule has 5 amide bonds. The largest absolute Gasteiger partial charge is 0.356 e. The molecule has 0 unspecified atom stereocenters. The molecule has 3 heterocycles. The van der Waals surface area contributed by atoms with Crippen LogP contribution in [0.4, 0.5) is 21.9 Å². The first-order valence-corrected chi connectivity index (χ1v) is 12.3. The number of nitrogens with one attached hydrogen (secondary N) is 3. The van der Waals surface area contributed by atoms with Crippen molar-refractivity contribution in [2.24, 2.45) is 0 Å². The highest BCUT2D eigenvalue weighted by Crippen LogP contribution is 2.45. The SMILES string of the molecule is CC(=O)Nc1ccc(NC(=O)c2ccc(N3C(=O)N4CCc5c([nH]c6ccccc56)[C@@]4(C)C3=O)cc2)cc1. The minimum Gasteiger partial charge on any atom is -0.356 e. The van der Waals surface area contributed by atoms with E-state index >= 15 is 0 Å². The Bertz CT molecular complexity index is 1620. The van der Waals surface area contributed by atoms with Crippen molar-refractivity contribution in [2.75, 3.05) is 22.1 Å². The molecule has 3 aromatic carbocycles. The second-order valence-corrected chi connectivity index (χ2v) is 9.68. The van der Waals surface area contributed by atoms with Gasteiger partial charge in [-0.05, 0) is 73.5 Å². The number of para-hydroxylation sites is 1. The zero-order valence-electron chi connectivity index (χ0n) is 20.9. The van der Waals surface area contributed by atoms with Crippen molar-refractivity contribution >= 4 is 51.7 Å². The third-order valence-corrected chi connectivity index (χ3v) is 7.32. The Morgan fingerprint density at radius 2 is 1.55 bits per heavy atom. The number of anilines is 3. The maximum absolute atomic E-state index is 13.8. The molecule has 38 heavy (non-hydrogen) atoms. The first-order valence-electron chi connectivity index (χ1n) is 12.3. The van der Waals surface area contributed by atoms with E-state index in [2.05, 4.69) is 15.6 Å². The van der Waals surface area contributed by atoms with E-state index in [-0.39, 0.29) is 23.8 Å². The average molecular weight is 508 g/mol. The number of imide groups is 1. The molecular formula is C29H25N5O4. The molecule has 3 N–H and O–H groups in total. The van der Waals surface area contributed by atoms with E-state index in [0.29, 0.717) is 35.6 Å². The first kappa shape index (κ1) is 23.5. The maximum atomic E-state index is 13.8. The Morgan fingerprint density at radius 1 is 0.895 bits per heavy atom. The Morgan fingerprint density at radius 3 is 2.24 bits per heavy atom. The number of aromatic nitrogens is 1. The normalized spacial score (nSPS) is 18.4. The lowest BCUT2D eigenvalue weighted by molar-refractivity contribution is -0.125. The molecule has 4 aromatic rings. The van der Waals surface area contributed by atoms with E-state index < -0.39 is 5.54 Å². The minimum absolute atomic E-state index is 0.177. The van der Waals surface area contributed by atoms with Gasteiger partial charge < -0.3 is 20.5 Å². The van der Waals surface area contributed by atoms with Crippen LogP contribution in [0, 0.1) is 0 Å². The van der Waals surface area contributed by atoms with Gasteiger partial charge in [-0.15, -0.1) is 0 Å². The average Bonchev–Trinajstić information content (AvgIpc) is 3.38. The Kier molecular flexibility index (Phi) is 5.30. The van der Waals surface area contributed by atoms with Crippen LogP contribution in [0.15, 0.2) is 72.8 Å². The molecule has 190 valence electrons. The predicted molar refractivity (Wildman–Crippen MR) is 144 cm³/mol. The molecule has 1 saturated heterocycles. The fourth-order valence-corrected chi connectivity index (χ4v) is 5.42. The van der Waals surface area contributed by atoms with Crippen LogP contribution in [-0.4, -0.2) is 40.2 Å². The fraction of sp³-hybridized carbons (Fsp3) is 0.172. The molecule has 2 aliphatic rings. The van der Waals surface area contributed by atoms with Gasteiger partial charge in [-0.25, -0.2) is 9.69 Å². The highest BCUT2D eigenvalue weighted by atomic mass is 16.2. The van der Waals surface area contributed by atoms with Crippen molar-refractivity contribution in [3.63, 3.8) is 0 Å². The summed E-state index contributed by atoms with van der Waals surface area (Å²) in [5.41, 5.74) is 3.61. The summed E-state index contributed by atoms with van der Waals surface area (Å²) < 4.78 is 0. The number of H-pyrrole nitrogens is 1. The summed E-state index contributed by atoms with van der Waals surface area (Å²) in [4.78, 5) is 57.4. The number of aromatic amines is 1. The van der Waals surface area contributed by atoms with Crippen LogP contribution in [0.1, 0.15) is 35.5 Å². The van der Waals surface area contributed by atoms with Crippen molar-refractivity contribution in [1.29, 1.82) is 0 Å². The number of amides is 5. The number of carbonyl (C=O) groups excluding carboxylic acids is 4. The van der Waals surface area contributed by atoms with Gasteiger partial charge in [-0.2, -0.15) is 0 Å². The van der Waals surface area contributed by atoms with Crippen molar-refractivity contribution < 1.29 is 19.2 Å². The number of hydrogen-bond donors (Lipinski definition) is 3. The van der Waals surface area contributed by atoms with Crippen molar-refractivity contribution in [1.82, 2.24) is 9.88 Å². The number of benzene rings is 3. The van der Waals surface area contributed by atoms with Crippen molar-refractivity contribution in [3.05, 3.63) is 89.6 Å². The Balaban J connectivity index is 1.24. The molecular weight excluding hydrogens is 482 g/mol. The predicted octanol–water partition coefficient (Wildman–Crippen LogP) is 4.62. The molecule has 1 fully saturated rings. The van der Waals surface area contributed by atoms with Gasteiger partial charge >= 0.3 is 6.03 Å². The summed E-state index contributed by atoms with van der Waals surface area (Å²) in [5, 5.41) is 6.55. The number of urea groups is 1. The maximum Gasteiger partial charge on any atom is 0.332 e. The second-order valence-electron chi connectivity index (χ2n) is 9.68. The Labute approximate surface area is 218 Å². The number of nitrogens with zero attached hydrogens (tertiary/aromatic N) is 2. The zero-order chi connectivity index (χ0) is 26.6. The molecule has 0 aliphatic carbocycles. The van der Waals surface area contributed by atoms with Crippen LogP contribution in [0.2, 0.25) is 0 Å². The molecule has 0 saturated carbocycles. The van der Waals surface area contributed by atoms with Gasteiger partial charge in [0.2, 0.25) is 5.91 Å². The minimum atomic E-state index is -1.14. The zero-order valence-corrected chi connectivity index (χ0v) is 20.9. The standard InChI is InChI=1S/C29H25N5O4/c1-17(35)30-19-9-11-20(12-10-19)31-26(36)18-7-13-21(14-8-18)34-27(37)29(2)25-23(15-16-33(29)28(34)38)22-5-3-4-6-24(22)32-25/h3-14,32H,15-16H2,1-2H3,(H,30,35)(H,31,36)/t29-/m0/s1. The molecule has 1 atom stereocenters. The van der Waals surface area contributed by atoms with Gasteiger partial charge in [0.05, 0.1) is 11.4 Å². The van der Waals surface area contributed by atoms with Gasteiger partial charge in [-0.1, -0.05) is 18.2 Å². The smallest absolute Gasteiger partial charge is 0.332 e. The highest BCUT2D eigenvalue weighted by Gasteiger charge is 2.59. The summed E-state index contributed by atoms with van der Waals surface area (Å²) in [6.07, 6.45) is 0.659. The monoisotopic (exact) mass is 507 g/mol. The van der Waals surface area contributed by atoms with Crippen LogP contribution >= 0.6 is 0 Å². The fourth-order valence-electron chi connectivity index (χ4n) is 5.42. The van der Waals surface area contributed by atoms with Gasteiger partial charge in [0.25, 0.3) is 11.8 Å². The van der Waals surface area contributed by atoms with E-state index in [1.54, 1.807) is 60.4 Å². The van der Waals surface area contributed by atoms with Gasteiger partial charge in [-0.3, -0.25) is 14.4 Å². The van der Waals surface area contributed by atoms with E-state index in [9.17, 15) is 19.2 Å². The van der Waals surface area contributed by atoms with Crippen LogP contribution < -0.4 is 15.5 Å². The molecule has 0 spiro atoms. The lowest BCUT2D eigenvalue weighted by atomic mass is 9.87. The van der Waals surface area contributed by atoms with Crippen LogP contribution in [-0.2, 0) is 21.5 Å². The summed E-state index contributed by atoms with van der Waals surface area (Å²) in [7, 11) is 0. The number of rotatable bonds is 4. The van der Waals surface area contributed by atoms with E-state index in [1.165, 1.54) is 11.8 Å². The van der Waals surface area contributed by atoms with Crippen LogP contribution in [0.5, 0.6) is 0 Å². The number of carbonyl (C=O) groups is 4. The van der Waals surface area contributed by atoms with Crippen LogP contribution in [0.3, 0.4) is 0 Å². The molecule has 9 nitrogen and oxygen atoms in total. The second kappa shape index (κ2) is 8.58. The topological polar surface area (TPSA) is 115 Å². The van der Waals surface area contributed by atoms with E-state index in [4.69, 9.17) is 0 Å². The molecule has 0 bridgehead atoms. The first-order chi connectivity index (χ1) is 18.3. The molecule has 6 rings (SSSR count). The summed E-state index contributed by atoms with van der Waals surface area (Å²) in [6.45, 7) is 3.65. The third kappa shape index (κ3) is 3.54. The number of fused-ring (bicyclic) bond motifs is 5. The van der Waals surface area contributed by atoms with E-state index in [1.807, 2.05) is 24.3 Å². The lowest BCUT2D eigenvalue weighted by Crippen LogP contribution is -2.49. The van der Waals surface area contributed by atoms with E-state index in [0.717, 1.165) is 22.2 Å².